The Bertz CT molecular complexity index is 508. The van der Waals surface area contributed by atoms with Crippen LogP contribution in [0.3, 0.4) is 0 Å². The maximum absolute atomic E-state index is 14.4. The molecule has 0 amide bonds. The van der Waals surface area contributed by atoms with Crippen LogP contribution in [0.15, 0.2) is 24.3 Å². The van der Waals surface area contributed by atoms with E-state index in [1.807, 2.05) is 6.07 Å². The van der Waals surface area contributed by atoms with Gasteiger partial charge in [0.25, 0.3) is 0 Å². The lowest BCUT2D eigenvalue weighted by Gasteiger charge is -2.39. The van der Waals surface area contributed by atoms with E-state index in [-0.39, 0.29) is 0 Å². The van der Waals surface area contributed by atoms with E-state index in [2.05, 4.69) is 18.2 Å². The van der Waals surface area contributed by atoms with Crippen molar-refractivity contribution in [1.82, 2.24) is 0 Å². The van der Waals surface area contributed by atoms with Gasteiger partial charge in [0.1, 0.15) is 7.14 Å². The number of benzene rings is 1. The van der Waals surface area contributed by atoms with E-state index in [4.69, 9.17) is 5.73 Å². The summed E-state index contributed by atoms with van der Waals surface area (Å²) in [4.78, 5) is 0. The van der Waals surface area contributed by atoms with Crippen molar-refractivity contribution in [2.75, 3.05) is 0 Å². The molecular formula is C19H30NOP. The van der Waals surface area contributed by atoms with Crippen molar-refractivity contribution >= 4 is 12.4 Å². The molecule has 1 aromatic carbocycles. The first kappa shape index (κ1) is 16.3. The molecule has 2 N–H and O–H groups in total. The van der Waals surface area contributed by atoms with E-state index in [0.717, 1.165) is 36.6 Å². The van der Waals surface area contributed by atoms with Gasteiger partial charge in [-0.05, 0) is 31.2 Å². The van der Waals surface area contributed by atoms with Crippen LogP contribution in [0.25, 0.3) is 0 Å². The molecule has 1 aromatic rings. The van der Waals surface area contributed by atoms with Crippen LogP contribution >= 0.6 is 7.14 Å². The number of hydrogen-bond acceptors (Lipinski definition) is 2. The third-order valence-corrected chi connectivity index (χ3v) is 10.2. The van der Waals surface area contributed by atoms with Crippen LogP contribution in [0.2, 0.25) is 0 Å². The molecule has 122 valence electrons. The summed E-state index contributed by atoms with van der Waals surface area (Å²) in [6, 6.07) is 8.32. The molecule has 0 atom stereocenters. The van der Waals surface area contributed by atoms with Crippen LogP contribution in [-0.4, -0.2) is 11.3 Å². The Kier molecular flexibility index (Phi) is 5.42. The fraction of sp³-hybridized carbons (Fsp3) is 0.684. The predicted octanol–water partition coefficient (Wildman–Crippen LogP) is 4.80. The SMILES string of the molecule is NCc1ccccc1P(=O)(C1CCCCC1)C1CCCCC1. The molecule has 3 rings (SSSR count). The van der Waals surface area contributed by atoms with Crippen molar-refractivity contribution in [3.05, 3.63) is 29.8 Å². The molecule has 0 heterocycles. The van der Waals surface area contributed by atoms with Gasteiger partial charge in [0.15, 0.2) is 0 Å². The predicted molar refractivity (Wildman–Crippen MR) is 95.3 cm³/mol. The number of nitrogens with two attached hydrogens (primary N) is 1. The van der Waals surface area contributed by atoms with Gasteiger partial charge in [0.05, 0.1) is 0 Å². The first-order chi connectivity index (χ1) is 10.8. The second-order valence-electron chi connectivity index (χ2n) is 7.13. The minimum Gasteiger partial charge on any atom is -0.326 e. The van der Waals surface area contributed by atoms with Gasteiger partial charge in [-0.15, -0.1) is 0 Å². The van der Waals surface area contributed by atoms with Crippen molar-refractivity contribution in [1.29, 1.82) is 0 Å². The lowest BCUT2D eigenvalue weighted by molar-refractivity contribution is 0.452. The fourth-order valence-corrected chi connectivity index (χ4v) is 9.23. The minimum atomic E-state index is -2.36. The molecule has 0 radical (unpaired) electrons. The van der Waals surface area contributed by atoms with Crippen molar-refractivity contribution in [2.45, 2.75) is 82.1 Å². The quantitative estimate of drug-likeness (QED) is 0.810. The highest BCUT2D eigenvalue weighted by Crippen LogP contribution is 2.62. The number of rotatable bonds is 4. The van der Waals surface area contributed by atoms with Gasteiger partial charge in [-0.1, -0.05) is 62.8 Å². The van der Waals surface area contributed by atoms with E-state index < -0.39 is 7.14 Å². The summed E-state index contributed by atoms with van der Waals surface area (Å²) in [5.41, 5.74) is 7.94. The molecule has 0 unspecified atom stereocenters. The lowest BCUT2D eigenvalue weighted by Crippen LogP contribution is -2.31. The molecule has 22 heavy (non-hydrogen) atoms. The molecule has 0 spiro atoms. The topological polar surface area (TPSA) is 43.1 Å². The largest absolute Gasteiger partial charge is 0.326 e. The highest BCUT2D eigenvalue weighted by Gasteiger charge is 2.43. The van der Waals surface area contributed by atoms with E-state index in [1.54, 1.807) is 0 Å². The van der Waals surface area contributed by atoms with Gasteiger partial charge in [-0.3, -0.25) is 0 Å². The average Bonchev–Trinajstić information content (AvgIpc) is 2.62. The zero-order valence-electron chi connectivity index (χ0n) is 13.7. The molecule has 0 saturated heterocycles. The molecule has 0 aromatic heterocycles. The zero-order valence-corrected chi connectivity index (χ0v) is 14.6. The van der Waals surface area contributed by atoms with Gasteiger partial charge in [-0.25, -0.2) is 0 Å². The Hall–Kier alpha value is -0.590. The second-order valence-corrected chi connectivity index (χ2v) is 10.5. The van der Waals surface area contributed by atoms with Crippen LogP contribution in [0, 0.1) is 0 Å². The van der Waals surface area contributed by atoms with Gasteiger partial charge >= 0.3 is 0 Å². The molecule has 2 nitrogen and oxygen atoms in total. The summed E-state index contributed by atoms with van der Waals surface area (Å²) in [5, 5.41) is 1.14. The van der Waals surface area contributed by atoms with Crippen LogP contribution < -0.4 is 11.0 Å². The average molecular weight is 319 g/mol. The molecule has 3 heteroatoms. The Morgan fingerprint density at radius 1 is 0.864 bits per heavy atom. The molecular weight excluding hydrogens is 289 g/mol. The Balaban J connectivity index is 2.03. The minimum absolute atomic E-state index is 0.414. The molecule has 0 aliphatic heterocycles. The van der Waals surface area contributed by atoms with Crippen LogP contribution in [-0.2, 0) is 11.1 Å². The molecule has 2 aliphatic carbocycles. The fourth-order valence-electron chi connectivity index (χ4n) is 4.65. The summed E-state index contributed by atoms with van der Waals surface area (Å²) in [5.74, 6) is 0. The highest BCUT2D eigenvalue weighted by atomic mass is 31.2. The van der Waals surface area contributed by atoms with Gasteiger partial charge in [0, 0.05) is 23.2 Å². The van der Waals surface area contributed by atoms with Crippen molar-refractivity contribution in [2.24, 2.45) is 5.73 Å². The third kappa shape index (κ3) is 3.05. The van der Waals surface area contributed by atoms with Crippen LogP contribution in [0.5, 0.6) is 0 Å². The molecule has 0 bridgehead atoms. The van der Waals surface area contributed by atoms with E-state index in [1.165, 1.54) is 38.5 Å². The summed E-state index contributed by atoms with van der Waals surface area (Å²) < 4.78 is 14.4. The smallest absolute Gasteiger partial charge is 0.121 e. The first-order valence-electron chi connectivity index (χ1n) is 9.14. The lowest BCUT2D eigenvalue weighted by atomic mass is 9.99. The van der Waals surface area contributed by atoms with E-state index in [9.17, 15) is 4.57 Å². The molecule has 2 saturated carbocycles. The maximum Gasteiger partial charge on any atom is 0.121 e. The van der Waals surface area contributed by atoms with Gasteiger partial charge in [0.2, 0.25) is 0 Å². The summed E-state index contributed by atoms with van der Waals surface area (Å²) in [6.07, 6.45) is 12.3. The monoisotopic (exact) mass is 319 g/mol. The highest BCUT2D eigenvalue weighted by molar-refractivity contribution is 7.73. The first-order valence-corrected chi connectivity index (χ1v) is 11.0. The molecule has 2 aliphatic rings. The van der Waals surface area contributed by atoms with Crippen LogP contribution in [0.1, 0.15) is 69.8 Å². The standard InChI is InChI=1S/C19H30NOP/c20-15-16-9-7-8-14-19(16)22(21,17-10-3-1-4-11-17)18-12-5-2-6-13-18/h7-9,14,17-18H,1-6,10-13,15,20H2. The maximum atomic E-state index is 14.4. The van der Waals surface area contributed by atoms with Crippen molar-refractivity contribution in [3.63, 3.8) is 0 Å². The summed E-state index contributed by atoms with van der Waals surface area (Å²) in [7, 11) is -2.36. The third-order valence-electron chi connectivity index (χ3n) is 5.82. The summed E-state index contributed by atoms with van der Waals surface area (Å²) >= 11 is 0. The Morgan fingerprint density at radius 3 is 1.86 bits per heavy atom. The zero-order chi connectivity index (χ0) is 15.4. The van der Waals surface area contributed by atoms with E-state index >= 15 is 0 Å². The Labute approximate surface area is 135 Å². The normalized spacial score (nSPS) is 21.9. The van der Waals surface area contributed by atoms with E-state index in [0.29, 0.717) is 17.9 Å². The number of hydrogen-bond donors (Lipinski definition) is 1. The Morgan fingerprint density at radius 2 is 1.36 bits per heavy atom. The summed E-state index contributed by atoms with van der Waals surface area (Å²) in [6.45, 7) is 0.513. The second kappa shape index (κ2) is 7.32. The van der Waals surface area contributed by atoms with Crippen molar-refractivity contribution in [3.8, 4) is 0 Å². The van der Waals surface area contributed by atoms with Crippen LogP contribution in [0.4, 0.5) is 0 Å². The van der Waals surface area contributed by atoms with Gasteiger partial charge < -0.3 is 10.3 Å². The molecule has 2 fully saturated rings. The van der Waals surface area contributed by atoms with Crippen molar-refractivity contribution < 1.29 is 4.57 Å². The van der Waals surface area contributed by atoms with Gasteiger partial charge in [-0.2, -0.15) is 0 Å².